The largest absolute Gasteiger partial charge is 0.544 e. The van der Waals surface area contributed by atoms with Gasteiger partial charge in [0.2, 0.25) is 8.32 Å². The molecule has 0 aromatic heterocycles. The van der Waals surface area contributed by atoms with Crippen molar-refractivity contribution in [3.8, 4) is 0 Å². The maximum atomic E-state index is 6.17. The first-order chi connectivity index (χ1) is 11.3. The number of hydrogen-bond acceptors (Lipinski definition) is 2. The zero-order chi connectivity index (χ0) is 17.7. The van der Waals surface area contributed by atoms with E-state index in [1.807, 2.05) is 48.7 Å². The van der Waals surface area contributed by atoms with E-state index < -0.39 is 8.32 Å². The Morgan fingerprint density at radius 3 is 2.67 bits per heavy atom. The minimum atomic E-state index is -1.76. The smallest absolute Gasteiger partial charge is 0.242 e. The highest BCUT2D eigenvalue weighted by Crippen LogP contribution is 2.27. The molecule has 1 aromatic carbocycles. The Kier molecular flexibility index (Phi) is 5.92. The van der Waals surface area contributed by atoms with E-state index in [-0.39, 0.29) is 0 Å². The maximum absolute atomic E-state index is 6.17. The first-order valence-corrected chi connectivity index (χ1v) is 11.7. The summed E-state index contributed by atoms with van der Waals surface area (Å²) in [6, 6.07) is 5.88. The molecule has 0 spiro atoms. The van der Waals surface area contributed by atoms with Crippen molar-refractivity contribution in [3.63, 3.8) is 0 Å². The van der Waals surface area contributed by atoms with E-state index in [2.05, 4.69) is 44.5 Å². The maximum Gasteiger partial charge on any atom is 0.242 e. The van der Waals surface area contributed by atoms with Crippen molar-refractivity contribution >= 4 is 26.0 Å². The van der Waals surface area contributed by atoms with Crippen LogP contribution in [0.5, 0.6) is 0 Å². The monoisotopic (exact) mass is 357 g/mol. The Morgan fingerprint density at radius 1 is 1.21 bits per heavy atom. The molecule has 0 unspecified atom stereocenters. The van der Waals surface area contributed by atoms with Crippen LogP contribution in [0.3, 0.4) is 0 Å². The Bertz CT molecular complexity index is 751. The van der Waals surface area contributed by atoms with Crippen LogP contribution in [0.4, 0.5) is 0 Å². The minimum Gasteiger partial charge on any atom is -0.544 e. The fourth-order valence-electron chi connectivity index (χ4n) is 2.28. The molecule has 0 saturated heterocycles. The molecule has 126 valence electrons. The van der Waals surface area contributed by atoms with Crippen LogP contribution in [0.25, 0.3) is 6.08 Å². The molecule has 0 aliphatic carbocycles. The summed E-state index contributed by atoms with van der Waals surface area (Å²) in [7, 11) is -1.76. The molecule has 1 heterocycles. The van der Waals surface area contributed by atoms with Gasteiger partial charge in [0, 0.05) is 22.5 Å². The number of aryl methyl sites for hydroxylation is 1. The molecule has 2 rings (SSSR count). The third kappa shape index (κ3) is 5.29. The summed E-state index contributed by atoms with van der Waals surface area (Å²) in [5.74, 6) is 0.677. The van der Waals surface area contributed by atoms with Gasteiger partial charge in [-0.3, -0.25) is 0 Å². The molecule has 24 heavy (non-hydrogen) atoms. The lowest BCUT2D eigenvalue weighted by molar-refractivity contribution is 0.437. The molecular weight excluding hydrogens is 334 g/mol. The number of hydrogen-bond donors (Lipinski definition) is 1. The second-order valence-electron chi connectivity index (χ2n) is 6.67. The third-order valence-electron chi connectivity index (χ3n) is 3.38. The first-order valence-electron chi connectivity index (χ1n) is 7.93. The average molecular weight is 358 g/mol. The van der Waals surface area contributed by atoms with E-state index in [0.717, 1.165) is 22.4 Å². The van der Waals surface area contributed by atoms with Crippen molar-refractivity contribution in [1.29, 1.82) is 0 Å². The summed E-state index contributed by atoms with van der Waals surface area (Å²) in [4.78, 5) is 0. The highest BCUT2D eigenvalue weighted by molar-refractivity contribution is 6.70. The van der Waals surface area contributed by atoms with E-state index in [1.54, 1.807) is 0 Å². The molecular formula is C20H24ClNOSi. The highest BCUT2D eigenvalue weighted by Gasteiger charge is 2.20. The van der Waals surface area contributed by atoms with Crippen LogP contribution in [0.15, 0.2) is 72.3 Å². The van der Waals surface area contributed by atoms with E-state index in [0.29, 0.717) is 10.8 Å². The van der Waals surface area contributed by atoms with Crippen LogP contribution in [-0.4, -0.2) is 8.32 Å². The number of nitrogens with one attached hydrogen (secondary N) is 1. The second kappa shape index (κ2) is 7.73. The van der Waals surface area contributed by atoms with Crippen LogP contribution >= 0.6 is 11.6 Å². The van der Waals surface area contributed by atoms with Crippen LogP contribution in [0.2, 0.25) is 24.7 Å². The number of halogens is 1. The average Bonchev–Trinajstić information content (AvgIpc) is 2.75. The van der Waals surface area contributed by atoms with Gasteiger partial charge in [-0.2, -0.15) is 0 Å². The fourth-order valence-corrected chi connectivity index (χ4v) is 3.31. The summed E-state index contributed by atoms with van der Waals surface area (Å²) in [5, 5.41) is 4.01. The Balaban J connectivity index is 2.49. The molecule has 0 atom stereocenters. The van der Waals surface area contributed by atoms with Gasteiger partial charge in [0.1, 0.15) is 5.76 Å². The molecule has 1 aliphatic heterocycles. The lowest BCUT2D eigenvalue weighted by atomic mass is 10.0. The molecule has 0 bridgehead atoms. The highest BCUT2D eigenvalue weighted by atomic mass is 35.5. The lowest BCUT2D eigenvalue weighted by Crippen LogP contribution is -2.26. The van der Waals surface area contributed by atoms with Crippen molar-refractivity contribution in [2.45, 2.75) is 26.6 Å². The van der Waals surface area contributed by atoms with Gasteiger partial charge in [0.15, 0.2) is 0 Å². The molecule has 1 N–H and O–H groups in total. The second-order valence-corrected chi connectivity index (χ2v) is 11.5. The molecule has 1 aromatic rings. The van der Waals surface area contributed by atoms with E-state index in [4.69, 9.17) is 16.0 Å². The predicted octanol–water partition coefficient (Wildman–Crippen LogP) is 5.95. The quantitative estimate of drug-likeness (QED) is 0.399. The zero-order valence-corrected chi connectivity index (χ0v) is 16.4. The van der Waals surface area contributed by atoms with E-state index in [1.165, 1.54) is 0 Å². The van der Waals surface area contributed by atoms with E-state index in [9.17, 15) is 0 Å². The number of allylic oxidation sites excluding steroid dienone is 4. The Labute approximate surface area is 151 Å². The van der Waals surface area contributed by atoms with Crippen LogP contribution < -0.4 is 5.32 Å². The molecule has 0 amide bonds. The SMILES string of the molecule is C=C(O[Si](C)(C)C)C(=Cc1cc(Cl)ccc1C)C1=CC=CC=CN1. The standard InChI is InChI=1S/C20H24ClNOSi/c1-15-10-11-18(21)13-17(15)14-19(16(2)23-24(3,4)5)20-9-7-6-8-12-22-20/h6-14,22H,2H2,1,3-5H3. The number of rotatable bonds is 5. The van der Waals surface area contributed by atoms with Gasteiger partial charge in [0.05, 0.1) is 0 Å². The third-order valence-corrected chi connectivity index (χ3v) is 4.48. The van der Waals surface area contributed by atoms with Gasteiger partial charge in [0.25, 0.3) is 0 Å². The van der Waals surface area contributed by atoms with Gasteiger partial charge in [-0.25, -0.2) is 0 Å². The summed E-state index contributed by atoms with van der Waals surface area (Å²) < 4.78 is 6.15. The van der Waals surface area contributed by atoms with Crippen molar-refractivity contribution in [1.82, 2.24) is 5.32 Å². The van der Waals surface area contributed by atoms with Crippen LogP contribution in [-0.2, 0) is 4.43 Å². The van der Waals surface area contributed by atoms with Crippen LogP contribution in [0, 0.1) is 6.92 Å². The molecule has 2 nitrogen and oxygen atoms in total. The van der Waals surface area contributed by atoms with Crippen molar-refractivity contribution in [2.24, 2.45) is 0 Å². The predicted molar refractivity (Wildman–Crippen MR) is 107 cm³/mol. The van der Waals surface area contributed by atoms with E-state index >= 15 is 0 Å². The van der Waals surface area contributed by atoms with Crippen molar-refractivity contribution in [2.75, 3.05) is 0 Å². The molecule has 0 saturated carbocycles. The summed E-state index contributed by atoms with van der Waals surface area (Å²) in [6.45, 7) is 12.7. The van der Waals surface area contributed by atoms with Gasteiger partial charge in [-0.15, -0.1) is 0 Å². The van der Waals surface area contributed by atoms with Crippen molar-refractivity contribution < 1.29 is 4.43 Å². The number of benzene rings is 1. The molecule has 0 fully saturated rings. The summed E-state index contributed by atoms with van der Waals surface area (Å²) >= 11 is 6.17. The van der Waals surface area contributed by atoms with Gasteiger partial charge >= 0.3 is 0 Å². The molecule has 0 radical (unpaired) electrons. The molecule has 1 aliphatic rings. The summed E-state index contributed by atoms with van der Waals surface area (Å²) in [6.07, 6.45) is 11.9. The summed E-state index contributed by atoms with van der Waals surface area (Å²) in [5.41, 5.74) is 4.08. The first kappa shape index (κ1) is 18.4. The fraction of sp³-hybridized carbons (Fsp3) is 0.200. The lowest BCUT2D eigenvalue weighted by Gasteiger charge is -2.24. The van der Waals surface area contributed by atoms with Gasteiger partial charge < -0.3 is 9.74 Å². The van der Waals surface area contributed by atoms with Gasteiger partial charge in [-0.1, -0.05) is 36.4 Å². The zero-order valence-electron chi connectivity index (χ0n) is 14.7. The van der Waals surface area contributed by atoms with Crippen LogP contribution in [0.1, 0.15) is 11.1 Å². The minimum absolute atomic E-state index is 0.677. The normalized spacial score (nSPS) is 14.7. The van der Waals surface area contributed by atoms with Crippen molar-refractivity contribution in [3.05, 3.63) is 88.5 Å². The topological polar surface area (TPSA) is 21.3 Å². The molecule has 4 heteroatoms. The Morgan fingerprint density at radius 2 is 1.96 bits per heavy atom. The van der Waals surface area contributed by atoms with Gasteiger partial charge in [-0.05, 0) is 68.1 Å². The Hall–Kier alpha value is -1.97.